The Morgan fingerprint density at radius 3 is 2.19 bits per heavy atom. The van der Waals surface area contributed by atoms with E-state index in [9.17, 15) is 41.9 Å². The van der Waals surface area contributed by atoms with Gasteiger partial charge in [-0.25, -0.2) is 4.79 Å². The van der Waals surface area contributed by atoms with Crippen molar-refractivity contribution in [2.75, 3.05) is 31.5 Å². The zero-order valence-electron chi connectivity index (χ0n) is 30.4. The van der Waals surface area contributed by atoms with Crippen molar-refractivity contribution < 1.29 is 51.8 Å². The van der Waals surface area contributed by atoms with E-state index in [-0.39, 0.29) is 35.8 Å². The smallest absolute Gasteiger partial charge is 0.475 e. The van der Waals surface area contributed by atoms with Gasteiger partial charge < -0.3 is 37.0 Å². The van der Waals surface area contributed by atoms with Gasteiger partial charge in [0.15, 0.2) is 11.6 Å². The summed E-state index contributed by atoms with van der Waals surface area (Å²) in [6.07, 6.45) is -1.85. The minimum Gasteiger partial charge on any atom is -0.475 e. The van der Waals surface area contributed by atoms with Gasteiger partial charge in [0.25, 0.3) is 0 Å². The van der Waals surface area contributed by atoms with Crippen LogP contribution in [0.5, 0.6) is 0 Å². The van der Waals surface area contributed by atoms with Crippen molar-refractivity contribution in [2.45, 2.75) is 83.6 Å². The molecule has 2 aliphatic rings. The van der Waals surface area contributed by atoms with Crippen LogP contribution in [-0.2, 0) is 24.0 Å². The van der Waals surface area contributed by atoms with Crippen LogP contribution in [-0.4, -0.2) is 102 Å². The summed E-state index contributed by atoms with van der Waals surface area (Å²) in [6.45, 7) is 6.70. The number of hydrogen-bond donors (Lipinski definition) is 6. The average molecular weight is 761 g/mol. The number of nitrogens with zero attached hydrogens (tertiary/aromatic N) is 1. The van der Waals surface area contributed by atoms with E-state index in [1.807, 2.05) is 20.8 Å². The SMILES string of the molecule is CCC[C@H](NC(=O)CNC(=O)[C@@H](N)CC(C)C)C(=O)N1CCC[C@H]1C(=O)NCCCNc1cccc2c1C(=O)c1ccccc1C2=O.O=C(O)C(F)(F)F. The van der Waals surface area contributed by atoms with Crippen LogP contribution in [0.25, 0.3) is 0 Å². The zero-order chi connectivity index (χ0) is 40.2. The number of carboxylic acids is 1. The Labute approximate surface area is 310 Å². The molecule has 54 heavy (non-hydrogen) atoms. The highest BCUT2D eigenvalue weighted by Crippen LogP contribution is 2.32. The first kappa shape index (κ1) is 43.1. The molecular formula is C37H47F3N6O8. The summed E-state index contributed by atoms with van der Waals surface area (Å²) in [7, 11) is 0. The molecule has 1 aliphatic carbocycles. The monoisotopic (exact) mass is 760 g/mol. The van der Waals surface area contributed by atoms with Gasteiger partial charge in [0.05, 0.1) is 18.2 Å². The summed E-state index contributed by atoms with van der Waals surface area (Å²) in [5.74, 6) is -4.41. The van der Waals surface area contributed by atoms with Crippen LogP contribution in [0.3, 0.4) is 0 Å². The molecule has 294 valence electrons. The number of nitrogens with two attached hydrogens (primary N) is 1. The number of nitrogens with one attached hydrogen (secondary N) is 4. The van der Waals surface area contributed by atoms with E-state index in [1.54, 1.807) is 42.5 Å². The number of carbonyl (C=O) groups excluding carboxylic acids is 6. The summed E-state index contributed by atoms with van der Waals surface area (Å²) >= 11 is 0. The molecule has 1 aliphatic heterocycles. The van der Waals surface area contributed by atoms with Crippen LogP contribution < -0.4 is 27.0 Å². The number of likely N-dealkylation sites (tertiary alicyclic amines) is 1. The molecule has 1 heterocycles. The van der Waals surface area contributed by atoms with Crippen molar-refractivity contribution in [3.63, 3.8) is 0 Å². The van der Waals surface area contributed by atoms with Gasteiger partial charge in [-0.1, -0.05) is 63.6 Å². The Morgan fingerprint density at radius 1 is 0.944 bits per heavy atom. The molecule has 2 aromatic carbocycles. The zero-order valence-corrected chi connectivity index (χ0v) is 30.4. The Morgan fingerprint density at radius 2 is 1.57 bits per heavy atom. The number of halogens is 3. The maximum absolute atomic E-state index is 13.5. The minimum absolute atomic E-state index is 0.184. The Hall–Kier alpha value is -5.32. The van der Waals surface area contributed by atoms with E-state index in [2.05, 4.69) is 21.3 Å². The van der Waals surface area contributed by atoms with Gasteiger partial charge in [-0.05, 0) is 44.1 Å². The number of alkyl halides is 3. The van der Waals surface area contributed by atoms with Gasteiger partial charge in [-0.3, -0.25) is 28.8 Å². The molecule has 0 spiro atoms. The summed E-state index contributed by atoms with van der Waals surface area (Å²) in [5, 5.41) is 18.5. The molecule has 3 atom stereocenters. The quantitative estimate of drug-likeness (QED) is 0.125. The minimum atomic E-state index is -5.08. The molecule has 14 nitrogen and oxygen atoms in total. The maximum atomic E-state index is 13.5. The number of benzene rings is 2. The van der Waals surface area contributed by atoms with E-state index in [1.165, 1.54) is 4.90 Å². The van der Waals surface area contributed by atoms with Crippen molar-refractivity contribution in [3.05, 3.63) is 64.7 Å². The molecule has 1 saturated heterocycles. The van der Waals surface area contributed by atoms with Gasteiger partial charge in [-0.15, -0.1) is 0 Å². The topological polar surface area (TPSA) is 217 Å². The highest BCUT2D eigenvalue weighted by Gasteiger charge is 2.39. The molecule has 4 amide bonds. The molecule has 0 radical (unpaired) electrons. The lowest BCUT2D eigenvalue weighted by atomic mass is 9.83. The van der Waals surface area contributed by atoms with Crippen molar-refractivity contribution in [2.24, 2.45) is 11.7 Å². The fourth-order valence-electron chi connectivity index (χ4n) is 6.14. The number of carboxylic acid groups (broad SMARTS) is 1. The second-order valence-electron chi connectivity index (χ2n) is 13.4. The van der Waals surface area contributed by atoms with Gasteiger partial charge in [-0.2, -0.15) is 13.2 Å². The Balaban J connectivity index is 0.00000102. The molecule has 0 bridgehead atoms. The van der Waals surface area contributed by atoms with Crippen LogP contribution in [0, 0.1) is 5.92 Å². The summed E-state index contributed by atoms with van der Waals surface area (Å²) in [6, 6.07) is 9.78. The lowest BCUT2D eigenvalue weighted by Crippen LogP contribution is -2.55. The van der Waals surface area contributed by atoms with Gasteiger partial charge in [0.2, 0.25) is 23.6 Å². The third kappa shape index (κ3) is 11.6. The fourth-order valence-corrected chi connectivity index (χ4v) is 6.14. The molecule has 0 saturated carbocycles. The summed E-state index contributed by atoms with van der Waals surface area (Å²) in [4.78, 5) is 88.1. The number of carbonyl (C=O) groups is 7. The second kappa shape index (κ2) is 19.7. The summed E-state index contributed by atoms with van der Waals surface area (Å²) < 4.78 is 31.7. The standard InChI is InChI=1S/C35H46N6O6.C2HF3O2/c1-4-10-27(40-29(42)20-39-33(45)25(36)19-21(2)3)35(47)41-18-8-15-28(41)34(46)38-17-9-16-37-26-14-7-13-24-30(26)32(44)23-12-6-5-11-22(23)31(24)43;3-2(4,5)1(6)7/h5-7,11-14,21,25,27-28,37H,4,8-10,15-20,36H2,1-3H3,(H,38,46)(H,39,45)(H,40,42);(H,6,7)/t25-,27-,28-;/m0./s1. The lowest BCUT2D eigenvalue weighted by Gasteiger charge is -2.28. The number of ketones is 2. The van der Waals surface area contributed by atoms with Gasteiger partial charge in [0.1, 0.15) is 12.1 Å². The van der Waals surface area contributed by atoms with Gasteiger partial charge >= 0.3 is 12.1 Å². The number of hydrogen-bond acceptors (Lipinski definition) is 9. The first-order chi connectivity index (χ1) is 25.5. The molecule has 0 unspecified atom stereocenters. The molecule has 7 N–H and O–H groups in total. The first-order valence-corrected chi connectivity index (χ1v) is 17.7. The van der Waals surface area contributed by atoms with Crippen molar-refractivity contribution in [1.82, 2.24) is 20.9 Å². The lowest BCUT2D eigenvalue weighted by molar-refractivity contribution is -0.192. The van der Waals surface area contributed by atoms with E-state index >= 15 is 0 Å². The van der Waals surface area contributed by atoms with Crippen molar-refractivity contribution in [3.8, 4) is 0 Å². The molecule has 17 heteroatoms. The molecule has 1 fully saturated rings. The third-order valence-corrected chi connectivity index (χ3v) is 8.70. The van der Waals surface area contributed by atoms with Crippen LogP contribution in [0.15, 0.2) is 42.5 Å². The van der Waals surface area contributed by atoms with E-state index in [0.29, 0.717) is 86.1 Å². The number of fused-ring (bicyclic) bond motifs is 2. The first-order valence-electron chi connectivity index (χ1n) is 17.7. The number of aliphatic carboxylic acids is 1. The largest absolute Gasteiger partial charge is 0.490 e. The second-order valence-corrected chi connectivity index (χ2v) is 13.4. The number of amides is 4. The van der Waals surface area contributed by atoms with E-state index < -0.39 is 42.1 Å². The highest BCUT2D eigenvalue weighted by atomic mass is 19.4. The van der Waals surface area contributed by atoms with Crippen LogP contribution in [0.2, 0.25) is 0 Å². The maximum Gasteiger partial charge on any atom is 0.490 e. The van der Waals surface area contributed by atoms with Crippen molar-refractivity contribution in [1.29, 1.82) is 0 Å². The molecule has 4 rings (SSSR count). The molecule has 2 aromatic rings. The predicted molar refractivity (Wildman–Crippen MR) is 192 cm³/mol. The van der Waals surface area contributed by atoms with Gasteiger partial charge in [0, 0.05) is 42.0 Å². The third-order valence-electron chi connectivity index (χ3n) is 8.70. The Bertz CT molecular complexity index is 1720. The Kier molecular flexibility index (Phi) is 15.7. The average Bonchev–Trinajstić information content (AvgIpc) is 3.62. The van der Waals surface area contributed by atoms with Crippen LogP contribution >= 0.6 is 0 Å². The normalized spacial score (nSPS) is 15.9. The molecule has 0 aromatic heterocycles. The predicted octanol–water partition coefficient (Wildman–Crippen LogP) is 2.78. The fraction of sp³-hybridized carbons (Fsp3) is 0.486. The van der Waals surface area contributed by atoms with Crippen LogP contribution in [0.4, 0.5) is 18.9 Å². The van der Waals surface area contributed by atoms with E-state index in [0.717, 1.165) is 0 Å². The number of rotatable bonds is 15. The summed E-state index contributed by atoms with van der Waals surface area (Å²) in [5.41, 5.74) is 7.96. The van der Waals surface area contributed by atoms with E-state index in [4.69, 9.17) is 15.6 Å². The van der Waals surface area contributed by atoms with Crippen LogP contribution in [0.1, 0.15) is 91.1 Å². The van der Waals surface area contributed by atoms with Crippen molar-refractivity contribution >= 4 is 46.9 Å². The molecular weight excluding hydrogens is 713 g/mol. The highest BCUT2D eigenvalue weighted by molar-refractivity contribution is 6.30. The number of anilines is 1.